The van der Waals surface area contributed by atoms with Crippen LogP contribution in [-0.2, 0) is 11.3 Å². The molecule has 192 valence electrons. The molecule has 0 fully saturated rings. The van der Waals surface area contributed by atoms with Crippen LogP contribution in [0.25, 0.3) is 0 Å². The highest BCUT2D eigenvalue weighted by Gasteiger charge is 2.22. The Kier molecular flexibility index (Phi) is 9.54. The molecule has 0 unspecified atom stereocenters. The normalized spacial score (nSPS) is 10.5. The van der Waals surface area contributed by atoms with E-state index in [2.05, 4.69) is 15.3 Å². The summed E-state index contributed by atoms with van der Waals surface area (Å²) in [6, 6.07) is 8.63. The van der Waals surface area contributed by atoms with E-state index in [1.807, 2.05) is 6.07 Å². The number of benzene rings is 2. The van der Waals surface area contributed by atoms with Gasteiger partial charge >= 0.3 is 6.01 Å². The summed E-state index contributed by atoms with van der Waals surface area (Å²) in [6.45, 7) is 0.945. The van der Waals surface area contributed by atoms with Crippen molar-refractivity contribution in [2.24, 2.45) is 0 Å². The van der Waals surface area contributed by atoms with Gasteiger partial charge in [-0.05, 0) is 29.8 Å². The van der Waals surface area contributed by atoms with Gasteiger partial charge in [0, 0.05) is 25.4 Å². The number of methoxy groups -OCH3 is 5. The summed E-state index contributed by atoms with van der Waals surface area (Å²) in [5.41, 5.74) is 1.38. The van der Waals surface area contributed by atoms with E-state index >= 15 is 0 Å². The van der Waals surface area contributed by atoms with Crippen molar-refractivity contribution >= 4 is 23.2 Å². The van der Waals surface area contributed by atoms with E-state index in [-0.39, 0.29) is 29.8 Å². The van der Waals surface area contributed by atoms with Crippen molar-refractivity contribution in [2.75, 3.05) is 54.1 Å². The van der Waals surface area contributed by atoms with Gasteiger partial charge in [-0.1, -0.05) is 17.7 Å². The van der Waals surface area contributed by atoms with E-state index in [1.54, 1.807) is 38.5 Å². The highest BCUT2D eigenvalue weighted by Crippen LogP contribution is 2.39. The molecule has 1 heterocycles. The minimum atomic E-state index is -0.354. The molecule has 0 spiro atoms. The molecule has 36 heavy (non-hydrogen) atoms. The largest absolute Gasteiger partial charge is 0.495 e. The summed E-state index contributed by atoms with van der Waals surface area (Å²) >= 11 is 6.25. The number of aromatic nitrogens is 2. The fourth-order valence-corrected chi connectivity index (χ4v) is 3.61. The first kappa shape index (κ1) is 26.8. The first-order valence-corrected chi connectivity index (χ1v) is 11.2. The smallest absolute Gasteiger partial charge is 0.318 e. The molecule has 0 aliphatic carbocycles. The zero-order chi connectivity index (χ0) is 26.1. The lowest BCUT2D eigenvalue weighted by atomic mass is 10.0. The lowest BCUT2D eigenvalue weighted by Gasteiger charge is -2.15. The standard InChI is InChI=1S/C25H28ClN3O7/c1-31-8-9-36-25-28-14-17(22(30)16-11-20(33-3)23(35-5)21(12-16)34-4)24(29-25)27-13-15-6-7-19(32-2)18(26)10-15/h6-7,10-12,14H,8-9,13H2,1-5H3,(H,27,28,29). The summed E-state index contributed by atoms with van der Waals surface area (Å²) in [6.07, 6.45) is 1.41. The molecular formula is C25H28ClN3O7. The van der Waals surface area contributed by atoms with Crippen LogP contribution in [0.1, 0.15) is 21.5 Å². The van der Waals surface area contributed by atoms with Crippen molar-refractivity contribution in [2.45, 2.75) is 6.54 Å². The number of anilines is 1. The van der Waals surface area contributed by atoms with Crippen molar-refractivity contribution in [3.63, 3.8) is 0 Å². The van der Waals surface area contributed by atoms with Crippen LogP contribution < -0.4 is 29.0 Å². The number of hydrogen-bond acceptors (Lipinski definition) is 10. The molecule has 0 atom stereocenters. The van der Waals surface area contributed by atoms with E-state index in [9.17, 15) is 4.79 Å². The lowest BCUT2D eigenvalue weighted by molar-refractivity contribution is 0.103. The fraction of sp³-hybridized carbons (Fsp3) is 0.320. The first-order chi connectivity index (χ1) is 17.4. The van der Waals surface area contributed by atoms with E-state index in [1.165, 1.54) is 27.5 Å². The predicted octanol–water partition coefficient (Wildman–Crippen LogP) is 4.03. The molecule has 1 aromatic heterocycles. The number of hydrogen-bond donors (Lipinski definition) is 1. The Morgan fingerprint density at radius 2 is 1.61 bits per heavy atom. The molecule has 2 aromatic carbocycles. The molecule has 0 radical (unpaired) electrons. The Labute approximate surface area is 214 Å². The van der Waals surface area contributed by atoms with Crippen LogP contribution in [-0.4, -0.2) is 64.5 Å². The number of nitrogens with one attached hydrogen (secondary N) is 1. The minimum Gasteiger partial charge on any atom is -0.495 e. The first-order valence-electron chi connectivity index (χ1n) is 10.8. The SMILES string of the molecule is COCCOc1ncc(C(=O)c2cc(OC)c(OC)c(OC)c2)c(NCc2ccc(OC)c(Cl)c2)n1. The van der Waals surface area contributed by atoms with Gasteiger partial charge in [-0.25, -0.2) is 4.98 Å². The molecule has 10 nitrogen and oxygen atoms in total. The van der Waals surface area contributed by atoms with Gasteiger partial charge < -0.3 is 33.7 Å². The Hall–Kier alpha value is -3.76. The second-order valence-electron chi connectivity index (χ2n) is 7.32. The van der Waals surface area contributed by atoms with E-state index in [4.69, 9.17) is 40.0 Å². The Morgan fingerprint density at radius 3 is 2.19 bits per heavy atom. The summed E-state index contributed by atoms with van der Waals surface area (Å²) in [4.78, 5) is 22.2. The van der Waals surface area contributed by atoms with Crippen LogP contribution in [0.3, 0.4) is 0 Å². The average Bonchev–Trinajstić information content (AvgIpc) is 2.90. The van der Waals surface area contributed by atoms with Crippen molar-refractivity contribution in [3.8, 4) is 29.0 Å². The molecule has 0 bridgehead atoms. The van der Waals surface area contributed by atoms with Crippen LogP contribution in [0.5, 0.6) is 29.0 Å². The predicted molar refractivity (Wildman–Crippen MR) is 134 cm³/mol. The van der Waals surface area contributed by atoms with E-state index in [0.29, 0.717) is 46.7 Å². The highest BCUT2D eigenvalue weighted by atomic mass is 35.5. The number of rotatable bonds is 13. The zero-order valence-electron chi connectivity index (χ0n) is 20.7. The maximum Gasteiger partial charge on any atom is 0.318 e. The average molecular weight is 518 g/mol. The summed E-state index contributed by atoms with van der Waals surface area (Å²) in [7, 11) is 7.57. The van der Waals surface area contributed by atoms with Crippen LogP contribution in [0.4, 0.5) is 5.82 Å². The number of ether oxygens (including phenoxy) is 6. The minimum absolute atomic E-state index is 0.101. The zero-order valence-corrected chi connectivity index (χ0v) is 21.5. The maximum atomic E-state index is 13.6. The second-order valence-corrected chi connectivity index (χ2v) is 7.73. The van der Waals surface area contributed by atoms with Gasteiger partial charge in [0.05, 0.1) is 45.6 Å². The molecule has 3 rings (SSSR count). The van der Waals surface area contributed by atoms with Gasteiger partial charge in [-0.3, -0.25) is 4.79 Å². The van der Waals surface area contributed by atoms with Gasteiger partial charge in [0.2, 0.25) is 5.75 Å². The maximum absolute atomic E-state index is 13.6. The summed E-state index contributed by atoms with van der Waals surface area (Å²) < 4.78 is 31.9. The molecular weight excluding hydrogens is 490 g/mol. The number of ketones is 1. The molecule has 1 N–H and O–H groups in total. The molecule has 0 aliphatic rings. The van der Waals surface area contributed by atoms with Gasteiger partial charge in [0.25, 0.3) is 0 Å². The van der Waals surface area contributed by atoms with Crippen molar-refractivity contribution in [1.82, 2.24) is 9.97 Å². The van der Waals surface area contributed by atoms with Gasteiger partial charge in [0.15, 0.2) is 17.3 Å². The van der Waals surface area contributed by atoms with Crippen molar-refractivity contribution in [1.29, 1.82) is 0 Å². The van der Waals surface area contributed by atoms with Gasteiger partial charge in [0.1, 0.15) is 18.2 Å². The summed E-state index contributed by atoms with van der Waals surface area (Å²) in [5.74, 6) is 1.57. The van der Waals surface area contributed by atoms with Crippen molar-refractivity contribution in [3.05, 3.63) is 58.2 Å². The summed E-state index contributed by atoms with van der Waals surface area (Å²) in [5, 5.41) is 3.65. The Balaban J connectivity index is 1.97. The quantitative estimate of drug-likeness (QED) is 0.263. The van der Waals surface area contributed by atoms with Crippen LogP contribution >= 0.6 is 11.6 Å². The molecule has 3 aromatic rings. The molecule has 11 heteroatoms. The Morgan fingerprint density at radius 1 is 0.917 bits per heavy atom. The van der Waals surface area contributed by atoms with Crippen LogP contribution in [0, 0.1) is 0 Å². The molecule has 0 saturated carbocycles. The van der Waals surface area contributed by atoms with E-state index < -0.39 is 0 Å². The van der Waals surface area contributed by atoms with Crippen LogP contribution in [0.15, 0.2) is 36.5 Å². The second kappa shape index (κ2) is 12.8. The third-order valence-corrected chi connectivity index (χ3v) is 5.43. The molecule has 0 saturated heterocycles. The van der Waals surface area contributed by atoms with Gasteiger partial charge in [-0.2, -0.15) is 4.98 Å². The number of carbonyl (C=O) groups excluding carboxylic acids is 1. The fourth-order valence-electron chi connectivity index (χ4n) is 3.33. The molecule has 0 amide bonds. The lowest BCUT2D eigenvalue weighted by Crippen LogP contribution is -2.13. The number of halogens is 1. The topological polar surface area (TPSA) is 110 Å². The highest BCUT2D eigenvalue weighted by molar-refractivity contribution is 6.32. The third-order valence-electron chi connectivity index (χ3n) is 5.13. The molecule has 0 aliphatic heterocycles. The number of carbonyl (C=O) groups is 1. The monoisotopic (exact) mass is 517 g/mol. The number of nitrogens with zero attached hydrogens (tertiary/aromatic N) is 2. The van der Waals surface area contributed by atoms with Crippen LogP contribution in [0.2, 0.25) is 5.02 Å². The Bertz CT molecular complexity index is 1180. The van der Waals surface area contributed by atoms with E-state index in [0.717, 1.165) is 5.56 Å². The van der Waals surface area contributed by atoms with Crippen molar-refractivity contribution < 1.29 is 33.2 Å². The van der Waals surface area contributed by atoms with Gasteiger partial charge in [-0.15, -0.1) is 0 Å². The third kappa shape index (κ3) is 6.27.